The zero-order valence-corrected chi connectivity index (χ0v) is 11.9. The molecule has 1 aromatic carbocycles. The van der Waals surface area contributed by atoms with Crippen LogP contribution in [0.25, 0.3) is 6.20 Å². The number of carbonyl (C=O) groups is 1. The summed E-state index contributed by atoms with van der Waals surface area (Å²) in [6, 6.07) is 7.23. The van der Waals surface area contributed by atoms with Crippen molar-refractivity contribution in [3.63, 3.8) is 0 Å². The average molecular weight is 291 g/mol. The van der Waals surface area contributed by atoms with Crippen LogP contribution in [0.5, 0.6) is 0 Å². The first-order valence-electron chi connectivity index (χ1n) is 6.17. The van der Waals surface area contributed by atoms with E-state index in [9.17, 15) is 4.79 Å². The van der Waals surface area contributed by atoms with Gasteiger partial charge in [-0.25, -0.2) is 4.98 Å². The molecule has 20 heavy (non-hydrogen) atoms. The van der Waals surface area contributed by atoms with Gasteiger partial charge in [-0.2, -0.15) is 0 Å². The minimum atomic E-state index is -0.397. The van der Waals surface area contributed by atoms with Crippen LogP contribution >= 0.6 is 11.6 Å². The lowest BCUT2D eigenvalue weighted by Crippen LogP contribution is -2.13. The van der Waals surface area contributed by atoms with E-state index in [1.165, 1.54) is 6.92 Å². The van der Waals surface area contributed by atoms with Gasteiger partial charge in [0.1, 0.15) is 11.9 Å². The van der Waals surface area contributed by atoms with Crippen molar-refractivity contribution in [3.8, 4) is 0 Å². The van der Waals surface area contributed by atoms with Crippen LogP contribution in [0.15, 0.2) is 43.2 Å². The average Bonchev–Trinajstić information content (AvgIpc) is 2.85. The van der Waals surface area contributed by atoms with Crippen LogP contribution < -0.4 is 0 Å². The van der Waals surface area contributed by atoms with Crippen molar-refractivity contribution in [1.82, 2.24) is 9.55 Å². The fourth-order valence-corrected chi connectivity index (χ4v) is 2.07. The van der Waals surface area contributed by atoms with Crippen molar-refractivity contribution in [3.05, 3.63) is 59.6 Å². The van der Waals surface area contributed by atoms with E-state index in [0.29, 0.717) is 11.4 Å². The van der Waals surface area contributed by atoms with Crippen molar-refractivity contribution in [1.29, 1.82) is 0 Å². The number of hydrogen-bond acceptors (Lipinski definition) is 3. The normalized spacial score (nSPS) is 11.9. The van der Waals surface area contributed by atoms with E-state index in [-0.39, 0.29) is 5.97 Å². The maximum Gasteiger partial charge on any atom is 0.303 e. The van der Waals surface area contributed by atoms with Crippen LogP contribution in [0.3, 0.4) is 0 Å². The first-order valence-corrected chi connectivity index (χ1v) is 6.55. The number of ether oxygens (including phenoxy) is 1. The largest absolute Gasteiger partial charge is 0.457 e. The molecule has 1 atom stereocenters. The molecule has 1 heterocycles. The van der Waals surface area contributed by atoms with Crippen LogP contribution in [0.1, 0.15) is 24.4 Å². The predicted molar refractivity (Wildman–Crippen MR) is 78.3 cm³/mol. The Morgan fingerprint density at radius 3 is 2.80 bits per heavy atom. The Bertz CT molecular complexity index is 605. The highest BCUT2D eigenvalue weighted by atomic mass is 35.5. The maximum absolute atomic E-state index is 11.3. The van der Waals surface area contributed by atoms with E-state index in [0.717, 1.165) is 11.4 Å². The van der Waals surface area contributed by atoms with Gasteiger partial charge in [0.05, 0.1) is 0 Å². The second-order valence-corrected chi connectivity index (χ2v) is 4.72. The molecule has 0 fully saturated rings. The van der Waals surface area contributed by atoms with E-state index in [1.807, 2.05) is 12.1 Å². The summed E-state index contributed by atoms with van der Waals surface area (Å²) in [6.45, 7) is 5.11. The van der Waals surface area contributed by atoms with Gasteiger partial charge in [-0.3, -0.25) is 4.79 Å². The minimum absolute atomic E-state index is 0.332. The second kappa shape index (κ2) is 6.39. The summed E-state index contributed by atoms with van der Waals surface area (Å²) in [6.07, 6.45) is 5.22. The Morgan fingerprint density at radius 2 is 2.20 bits per heavy atom. The highest BCUT2D eigenvalue weighted by Crippen LogP contribution is 2.23. The minimum Gasteiger partial charge on any atom is -0.457 e. The van der Waals surface area contributed by atoms with Crippen molar-refractivity contribution in [2.75, 3.05) is 0 Å². The fourth-order valence-electron chi connectivity index (χ4n) is 1.94. The number of esters is 1. The van der Waals surface area contributed by atoms with E-state index in [1.54, 1.807) is 35.3 Å². The first-order chi connectivity index (χ1) is 9.60. The molecule has 0 saturated heterocycles. The summed E-state index contributed by atoms with van der Waals surface area (Å²) < 4.78 is 7.18. The van der Waals surface area contributed by atoms with Gasteiger partial charge in [0.25, 0.3) is 0 Å². The van der Waals surface area contributed by atoms with Gasteiger partial charge in [-0.05, 0) is 17.7 Å². The molecule has 0 saturated carbocycles. The Hall–Kier alpha value is -2.07. The number of hydrogen-bond donors (Lipinski definition) is 0. The summed E-state index contributed by atoms with van der Waals surface area (Å²) in [4.78, 5) is 15.5. The third-order valence-electron chi connectivity index (χ3n) is 2.86. The zero-order valence-electron chi connectivity index (χ0n) is 11.1. The quantitative estimate of drug-likeness (QED) is 0.792. The van der Waals surface area contributed by atoms with Crippen molar-refractivity contribution < 1.29 is 9.53 Å². The number of nitrogens with zero attached hydrogens (tertiary/aromatic N) is 2. The summed E-state index contributed by atoms with van der Waals surface area (Å²) in [5.74, 6) is 0.447. The lowest BCUT2D eigenvalue weighted by atomic mass is 10.1. The molecule has 0 bridgehead atoms. The standard InChI is InChI=1S/C15H15ClN2O2/c1-3-18-9-8-17-15(18)10-14(20-11(2)19)12-4-6-13(16)7-5-12/h3-9,14H,1,10H2,2H3. The van der Waals surface area contributed by atoms with Gasteiger partial charge in [0.15, 0.2) is 0 Å². The van der Waals surface area contributed by atoms with Gasteiger partial charge in [-0.1, -0.05) is 30.3 Å². The molecule has 2 rings (SSSR count). The van der Waals surface area contributed by atoms with Gasteiger partial charge >= 0.3 is 5.97 Å². The highest BCUT2D eigenvalue weighted by Gasteiger charge is 2.18. The number of rotatable bonds is 5. The van der Waals surface area contributed by atoms with E-state index >= 15 is 0 Å². The van der Waals surface area contributed by atoms with Crippen LogP contribution in [0, 0.1) is 0 Å². The number of imidazole rings is 1. The summed E-state index contributed by atoms with van der Waals surface area (Å²) in [7, 11) is 0. The fraction of sp³-hybridized carbons (Fsp3) is 0.200. The molecule has 5 heteroatoms. The van der Waals surface area contributed by atoms with Crippen LogP contribution in [-0.4, -0.2) is 15.5 Å². The SMILES string of the molecule is C=Cn1ccnc1CC(OC(C)=O)c1ccc(Cl)cc1. The second-order valence-electron chi connectivity index (χ2n) is 4.29. The lowest BCUT2D eigenvalue weighted by molar-refractivity contribution is -0.146. The number of carbonyl (C=O) groups excluding carboxylic acids is 1. The molecular weight excluding hydrogens is 276 g/mol. The third-order valence-corrected chi connectivity index (χ3v) is 3.12. The molecular formula is C15H15ClN2O2. The molecule has 2 aromatic rings. The summed E-state index contributed by atoms with van der Waals surface area (Å²) in [5, 5.41) is 0.642. The molecule has 0 N–H and O–H groups in total. The zero-order chi connectivity index (χ0) is 14.5. The highest BCUT2D eigenvalue weighted by molar-refractivity contribution is 6.30. The predicted octanol–water partition coefficient (Wildman–Crippen LogP) is 3.48. The molecule has 0 aliphatic rings. The maximum atomic E-state index is 11.3. The molecule has 0 aliphatic carbocycles. The molecule has 0 spiro atoms. The molecule has 0 amide bonds. The Balaban J connectivity index is 2.25. The molecule has 104 valence electrons. The van der Waals surface area contributed by atoms with Crippen molar-refractivity contribution in [2.45, 2.75) is 19.4 Å². The van der Waals surface area contributed by atoms with Crippen LogP contribution in [-0.2, 0) is 16.0 Å². The number of aromatic nitrogens is 2. The monoisotopic (exact) mass is 290 g/mol. The molecule has 0 aliphatic heterocycles. The van der Waals surface area contributed by atoms with E-state index in [2.05, 4.69) is 11.6 Å². The van der Waals surface area contributed by atoms with Crippen LogP contribution in [0.4, 0.5) is 0 Å². The van der Waals surface area contributed by atoms with Crippen LogP contribution in [0.2, 0.25) is 5.02 Å². The first kappa shape index (κ1) is 14.3. The van der Waals surface area contributed by atoms with Gasteiger partial charge in [-0.15, -0.1) is 0 Å². The number of benzene rings is 1. The molecule has 4 nitrogen and oxygen atoms in total. The third kappa shape index (κ3) is 3.48. The smallest absolute Gasteiger partial charge is 0.303 e. The van der Waals surface area contributed by atoms with Gasteiger partial charge in [0.2, 0.25) is 0 Å². The van der Waals surface area contributed by atoms with Gasteiger partial charge in [0, 0.05) is 37.0 Å². The van der Waals surface area contributed by atoms with Crippen molar-refractivity contribution in [2.24, 2.45) is 0 Å². The summed E-state index contributed by atoms with van der Waals surface area (Å²) in [5.41, 5.74) is 0.878. The summed E-state index contributed by atoms with van der Waals surface area (Å²) >= 11 is 5.88. The molecule has 1 aromatic heterocycles. The Morgan fingerprint density at radius 1 is 1.50 bits per heavy atom. The van der Waals surface area contributed by atoms with E-state index in [4.69, 9.17) is 16.3 Å². The molecule has 1 unspecified atom stereocenters. The van der Waals surface area contributed by atoms with Gasteiger partial charge < -0.3 is 9.30 Å². The lowest BCUT2D eigenvalue weighted by Gasteiger charge is -2.17. The van der Waals surface area contributed by atoms with E-state index < -0.39 is 6.10 Å². The topological polar surface area (TPSA) is 44.1 Å². The Kier molecular flexibility index (Phi) is 4.58. The Labute approximate surface area is 122 Å². The van der Waals surface area contributed by atoms with Crippen molar-refractivity contribution >= 4 is 23.8 Å². The molecule has 0 radical (unpaired) electrons. The number of halogens is 1.